The van der Waals surface area contributed by atoms with Crippen molar-refractivity contribution in [1.82, 2.24) is 14.7 Å². The Hall–Kier alpha value is -1.71. The van der Waals surface area contributed by atoms with Crippen molar-refractivity contribution in [3.05, 3.63) is 34.0 Å². The average molecular weight is 301 g/mol. The van der Waals surface area contributed by atoms with Crippen molar-refractivity contribution in [3.8, 4) is 0 Å². The summed E-state index contributed by atoms with van der Waals surface area (Å²) >= 11 is 1.36. The number of sulfonamides is 1. The van der Waals surface area contributed by atoms with E-state index in [-0.39, 0.29) is 17.1 Å². The second-order valence-corrected chi connectivity index (χ2v) is 6.45. The van der Waals surface area contributed by atoms with Crippen LogP contribution in [0.15, 0.2) is 22.7 Å². The summed E-state index contributed by atoms with van der Waals surface area (Å²) in [5.74, 6) is -1.21. The number of carboxylic acid groups (broad SMARTS) is 1. The Bertz CT molecular complexity index is 702. The van der Waals surface area contributed by atoms with Crippen molar-refractivity contribution >= 4 is 27.3 Å². The number of thiazole rings is 1. The molecule has 0 unspecified atom stereocenters. The highest BCUT2D eigenvalue weighted by molar-refractivity contribution is 7.89. The number of rotatable bonds is 5. The van der Waals surface area contributed by atoms with Crippen LogP contribution < -0.4 is 4.72 Å². The smallest absolute Gasteiger partial charge is 0.352 e. The Morgan fingerprint density at radius 3 is 2.84 bits per heavy atom. The van der Waals surface area contributed by atoms with Gasteiger partial charge in [-0.05, 0) is 13.0 Å². The van der Waals surface area contributed by atoms with E-state index in [2.05, 4.69) is 14.7 Å². The molecular weight excluding hydrogens is 290 g/mol. The average Bonchev–Trinajstić information content (AvgIpc) is 2.95. The van der Waals surface area contributed by atoms with Crippen LogP contribution in [0.25, 0.3) is 0 Å². The van der Waals surface area contributed by atoms with Crippen molar-refractivity contribution in [2.24, 2.45) is 0 Å². The molecule has 0 fully saturated rings. The summed E-state index contributed by atoms with van der Waals surface area (Å²) in [5, 5.41) is 8.73. The number of nitrogens with zero attached hydrogens (tertiary/aromatic N) is 1. The van der Waals surface area contributed by atoms with Gasteiger partial charge in [-0.3, -0.25) is 0 Å². The van der Waals surface area contributed by atoms with E-state index < -0.39 is 16.0 Å². The van der Waals surface area contributed by atoms with Crippen LogP contribution >= 0.6 is 11.3 Å². The molecule has 0 atom stereocenters. The molecule has 2 aromatic heterocycles. The number of aryl methyl sites for hydroxylation is 1. The molecular formula is C10H11N3O4S2. The van der Waals surface area contributed by atoms with Crippen LogP contribution in [0.1, 0.15) is 21.1 Å². The summed E-state index contributed by atoms with van der Waals surface area (Å²) in [7, 11) is -3.73. The minimum Gasteiger partial charge on any atom is -0.477 e. The lowest BCUT2D eigenvalue weighted by atomic mass is 10.4. The van der Waals surface area contributed by atoms with Gasteiger partial charge in [0.05, 0.1) is 11.2 Å². The largest absolute Gasteiger partial charge is 0.477 e. The van der Waals surface area contributed by atoms with Crippen molar-refractivity contribution in [1.29, 1.82) is 0 Å². The lowest BCUT2D eigenvalue weighted by Crippen LogP contribution is -2.22. The lowest BCUT2D eigenvalue weighted by molar-refractivity contribution is 0.0691. The predicted molar refractivity (Wildman–Crippen MR) is 68.6 cm³/mol. The molecule has 0 bridgehead atoms. The molecule has 0 aromatic carbocycles. The van der Waals surface area contributed by atoms with E-state index >= 15 is 0 Å². The van der Waals surface area contributed by atoms with Crippen LogP contribution in [0, 0.1) is 6.92 Å². The molecule has 0 amide bonds. The Morgan fingerprint density at radius 2 is 2.32 bits per heavy atom. The Kier molecular flexibility index (Phi) is 3.69. The zero-order valence-electron chi connectivity index (χ0n) is 9.87. The number of aromatic amines is 1. The maximum atomic E-state index is 11.9. The van der Waals surface area contributed by atoms with E-state index in [9.17, 15) is 13.2 Å². The molecule has 0 saturated heterocycles. The van der Waals surface area contributed by atoms with E-state index in [0.29, 0.717) is 0 Å². The third-order valence-corrected chi connectivity index (χ3v) is 4.78. The van der Waals surface area contributed by atoms with E-state index in [4.69, 9.17) is 5.11 Å². The van der Waals surface area contributed by atoms with Crippen LogP contribution in [-0.4, -0.2) is 29.5 Å². The molecule has 2 aromatic rings. The van der Waals surface area contributed by atoms with Gasteiger partial charge in [0.2, 0.25) is 10.0 Å². The number of nitrogens with one attached hydrogen (secondary N) is 2. The topological polar surface area (TPSA) is 112 Å². The van der Waals surface area contributed by atoms with Gasteiger partial charge in [-0.15, -0.1) is 11.3 Å². The zero-order chi connectivity index (χ0) is 14.0. The van der Waals surface area contributed by atoms with Crippen LogP contribution in [0.3, 0.4) is 0 Å². The fraction of sp³-hybridized carbons (Fsp3) is 0.200. The zero-order valence-corrected chi connectivity index (χ0v) is 11.5. The minimum atomic E-state index is -3.73. The quantitative estimate of drug-likeness (QED) is 0.761. The molecule has 2 heterocycles. The Labute approximate surface area is 113 Å². The van der Waals surface area contributed by atoms with Crippen LogP contribution in [0.2, 0.25) is 0 Å². The van der Waals surface area contributed by atoms with Gasteiger partial charge in [0, 0.05) is 17.6 Å². The molecule has 2 rings (SSSR count). The second-order valence-electron chi connectivity index (χ2n) is 3.74. The summed E-state index contributed by atoms with van der Waals surface area (Å²) < 4.78 is 26.3. The van der Waals surface area contributed by atoms with Gasteiger partial charge in [0.25, 0.3) is 0 Å². The van der Waals surface area contributed by atoms with Gasteiger partial charge >= 0.3 is 5.97 Å². The van der Waals surface area contributed by atoms with Gasteiger partial charge in [-0.2, -0.15) is 0 Å². The predicted octanol–water partition coefficient (Wildman–Crippen LogP) is 0.956. The number of hydrogen-bond donors (Lipinski definition) is 3. The van der Waals surface area contributed by atoms with Crippen LogP contribution in [0.4, 0.5) is 0 Å². The SMILES string of the molecule is Cc1ncsc1CNS(=O)(=O)c1c[nH]c(C(=O)O)c1. The second kappa shape index (κ2) is 5.11. The molecule has 0 radical (unpaired) electrons. The van der Waals surface area contributed by atoms with Crippen molar-refractivity contribution in [2.75, 3.05) is 0 Å². The number of aromatic carboxylic acids is 1. The number of carbonyl (C=O) groups is 1. The van der Waals surface area contributed by atoms with Gasteiger partial charge < -0.3 is 10.1 Å². The minimum absolute atomic E-state index is 0.105. The standard InChI is InChI=1S/C10H11N3O4S2/c1-6-9(18-5-12-6)4-13-19(16,17)7-2-8(10(14)15)11-3-7/h2-3,5,11,13H,4H2,1H3,(H,14,15). The summed E-state index contributed by atoms with van der Waals surface area (Å²) in [6, 6.07) is 1.07. The van der Waals surface area contributed by atoms with Crippen molar-refractivity contribution in [3.63, 3.8) is 0 Å². The van der Waals surface area contributed by atoms with Crippen LogP contribution in [-0.2, 0) is 16.6 Å². The third kappa shape index (κ3) is 3.00. The molecule has 102 valence electrons. The fourth-order valence-corrected chi connectivity index (χ4v) is 3.19. The number of hydrogen-bond acceptors (Lipinski definition) is 5. The molecule has 3 N–H and O–H groups in total. The molecule has 0 saturated carbocycles. The molecule has 19 heavy (non-hydrogen) atoms. The number of H-pyrrole nitrogens is 1. The van der Waals surface area contributed by atoms with E-state index in [1.54, 1.807) is 12.4 Å². The fourth-order valence-electron chi connectivity index (χ4n) is 1.39. The highest BCUT2D eigenvalue weighted by atomic mass is 32.2. The monoisotopic (exact) mass is 301 g/mol. The molecule has 0 aliphatic rings. The van der Waals surface area contributed by atoms with Gasteiger partial charge in [0.15, 0.2) is 0 Å². The number of carboxylic acids is 1. The van der Waals surface area contributed by atoms with Gasteiger partial charge in [0.1, 0.15) is 10.6 Å². The van der Waals surface area contributed by atoms with E-state index in [1.165, 1.54) is 11.3 Å². The Balaban J connectivity index is 2.14. The highest BCUT2D eigenvalue weighted by Gasteiger charge is 2.18. The molecule has 0 aliphatic carbocycles. The first-order chi connectivity index (χ1) is 8.90. The van der Waals surface area contributed by atoms with Crippen molar-refractivity contribution in [2.45, 2.75) is 18.4 Å². The first-order valence-corrected chi connectivity index (χ1v) is 7.57. The normalized spacial score (nSPS) is 11.6. The molecule has 0 aliphatic heterocycles. The molecule has 0 spiro atoms. The molecule has 9 heteroatoms. The van der Waals surface area contributed by atoms with Gasteiger partial charge in [-0.1, -0.05) is 0 Å². The summed E-state index contributed by atoms with van der Waals surface area (Å²) in [6.07, 6.45) is 1.14. The van der Waals surface area contributed by atoms with E-state index in [0.717, 1.165) is 22.8 Å². The van der Waals surface area contributed by atoms with Gasteiger partial charge in [-0.25, -0.2) is 22.9 Å². The highest BCUT2D eigenvalue weighted by Crippen LogP contribution is 2.15. The molecule has 7 nitrogen and oxygen atoms in total. The van der Waals surface area contributed by atoms with Crippen molar-refractivity contribution < 1.29 is 18.3 Å². The van der Waals surface area contributed by atoms with Crippen LogP contribution in [0.5, 0.6) is 0 Å². The lowest BCUT2D eigenvalue weighted by Gasteiger charge is -2.03. The number of aromatic nitrogens is 2. The maximum absolute atomic E-state index is 11.9. The maximum Gasteiger partial charge on any atom is 0.352 e. The summed E-state index contributed by atoms with van der Waals surface area (Å²) in [5.41, 5.74) is 2.24. The Morgan fingerprint density at radius 1 is 1.58 bits per heavy atom. The first kappa shape index (κ1) is 13.7. The summed E-state index contributed by atoms with van der Waals surface area (Å²) in [6.45, 7) is 1.92. The third-order valence-electron chi connectivity index (χ3n) is 2.46. The van der Waals surface area contributed by atoms with E-state index in [1.807, 2.05) is 0 Å². The first-order valence-electron chi connectivity index (χ1n) is 5.20. The summed E-state index contributed by atoms with van der Waals surface area (Å²) in [4.78, 5) is 17.8.